The maximum Gasteiger partial charge on any atom is 0.300 e. The zero-order valence-electron chi connectivity index (χ0n) is 11.3. The topological polar surface area (TPSA) is 57.5 Å². The largest absolute Gasteiger partial charge is 0.481 e. The summed E-state index contributed by atoms with van der Waals surface area (Å²) in [4.78, 5) is 9.00. The second kappa shape index (κ2) is 17.6. The second-order valence-electron chi connectivity index (χ2n) is 4.06. The highest BCUT2D eigenvalue weighted by atomic mass is 16.4. The maximum atomic E-state index is 9.00. The normalized spacial score (nSPS) is 10.1. The Balaban J connectivity index is 0. The van der Waals surface area contributed by atoms with Crippen LogP contribution in [-0.2, 0) is 4.79 Å². The molecule has 0 saturated carbocycles. The molecular formula is C14H28O3. The van der Waals surface area contributed by atoms with E-state index in [4.69, 9.17) is 15.0 Å². The van der Waals surface area contributed by atoms with E-state index in [1.54, 1.807) is 0 Å². The SMILES string of the molecule is CC(=O)O.CCCCCCCCC=CCCO. The molecule has 102 valence electrons. The van der Waals surface area contributed by atoms with Crippen LogP contribution in [0.4, 0.5) is 0 Å². The molecule has 0 spiro atoms. The standard InChI is InChI=1S/C12H24O.C2H4O2/c1-2-3-4-5-6-7-8-9-10-11-12-13;1-2(3)4/h9-10,13H,2-8,11-12H2,1H3;1H3,(H,3,4). The van der Waals surface area contributed by atoms with Crippen molar-refractivity contribution in [2.24, 2.45) is 0 Å². The fourth-order valence-electron chi connectivity index (χ4n) is 1.35. The first-order valence-electron chi connectivity index (χ1n) is 6.60. The molecule has 3 nitrogen and oxygen atoms in total. The van der Waals surface area contributed by atoms with Gasteiger partial charge in [-0.3, -0.25) is 4.79 Å². The van der Waals surface area contributed by atoms with E-state index in [2.05, 4.69) is 19.1 Å². The van der Waals surface area contributed by atoms with Crippen LogP contribution in [0.5, 0.6) is 0 Å². The summed E-state index contributed by atoms with van der Waals surface area (Å²) in [5.74, 6) is -0.833. The van der Waals surface area contributed by atoms with Crippen LogP contribution in [0.3, 0.4) is 0 Å². The van der Waals surface area contributed by atoms with Crippen molar-refractivity contribution in [1.29, 1.82) is 0 Å². The van der Waals surface area contributed by atoms with E-state index < -0.39 is 5.97 Å². The molecule has 0 bridgehead atoms. The molecule has 0 aliphatic carbocycles. The van der Waals surface area contributed by atoms with Gasteiger partial charge in [0.25, 0.3) is 5.97 Å². The van der Waals surface area contributed by atoms with Crippen LogP contribution in [0.2, 0.25) is 0 Å². The average Bonchev–Trinajstić information content (AvgIpc) is 2.26. The minimum atomic E-state index is -0.833. The van der Waals surface area contributed by atoms with E-state index in [0.29, 0.717) is 0 Å². The molecule has 0 heterocycles. The predicted molar refractivity (Wildman–Crippen MR) is 72.1 cm³/mol. The van der Waals surface area contributed by atoms with Crippen molar-refractivity contribution in [1.82, 2.24) is 0 Å². The van der Waals surface area contributed by atoms with Crippen molar-refractivity contribution in [3.8, 4) is 0 Å². The lowest BCUT2D eigenvalue weighted by atomic mass is 10.1. The van der Waals surface area contributed by atoms with Gasteiger partial charge >= 0.3 is 0 Å². The molecule has 17 heavy (non-hydrogen) atoms. The number of unbranched alkanes of at least 4 members (excludes halogenated alkanes) is 6. The van der Waals surface area contributed by atoms with Crippen molar-refractivity contribution in [3.05, 3.63) is 12.2 Å². The number of aliphatic hydroxyl groups is 1. The first kappa shape index (κ1) is 18.5. The number of carboxylic acid groups (broad SMARTS) is 1. The average molecular weight is 244 g/mol. The van der Waals surface area contributed by atoms with E-state index in [1.165, 1.54) is 44.9 Å². The van der Waals surface area contributed by atoms with E-state index in [9.17, 15) is 0 Å². The monoisotopic (exact) mass is 244 g/mol. The third kappa shape index (κ3) is 31.3. The Labute approximate surface area is 106 Å². The summed E-state index contributed by atoms with van der Waals surface area (Å²) in [5.41, 5.74) is 0. The molecule has 0 radical (unpaired) electrons. The van der Waals surface area contributed by atoms with Crippen molar-refractivity contribution in [2.75, 3.05) is 6.61 Å². The van der Waals surface area contributed by atoms with Crippen LogP contribution in [0.25, 0.3) is 0 Å². The number of carboxylic acids is 1. The predicted octanol–water partition coefficient (Wildman–Crippen LogP) is 3.77. The number of hydrogen-bond donors (Lipinski definition) is 2. The molecule has 0 atom stereocenters. The molecule has 0 aromatic carbocycles. The van der Waals surface area contributed by atoms with Gasteiger partial charge in [-0.1, -0.05) is 51.2 Å². The Bertz CT molecular complexity index is 172. The summed E-state index contributed by atoms with van der Waals surface area (Å²) in [5, 5.41) is 15.9. The fraction of sp³-hybridized carbons (Fsp3) is 0.786. The third-order valence-corrected chi connectivity index (χ3v) is 2.19. The first-order chi connectivity index (χ1) is 8.15. The molecule has 0 unspecified atom stereocenters. The lowest BCUT2D eigenvalue weighted by molar-refractivity contribution is -0.134. The minimum Gasteiger partial charge on any atom is -0.481 e. The Kier molecular flexibility index (Phi) is 19.1. The van der Waals surface area contributed by atoms with Crippen LogP contribution < -0.4 is 0 Å². The number of aliphatic hydroxyl groups excluding tert-OH is 1. The van der Waals surface area contributed by atoms with Gasteiger partial charge in [-0.15, -0.1) is 0 Å². The summed E-state index contributed by atoms with van der Waals surface area (Å²) >= 11 is 0. The molecule has 0 rings (SSSR count). The van der Waals surface area contributed by atoms with Crippen molar-refractivity contribution < 1.29 is 15.0 Å². The number of allylic oxidation sites excluding steroid dienone is 1. The highest BCUT2D eigenvalue weighted by molar-refractivity contribution is 5.62. The molecule has 0 aliphatic rings. The quantitative estimate of drug-likeness (QED) is 0.479. The number of carbonyl (C=O) groups is 1. The summed E-state index contributed by atoms with van der Waals surface area (Å²) in [6, 6.07) is 0. The Morgan fingerprint density at radius 2 is 1.47 bits per heavy atom. The molecule has 3 heteroatoms. The third-order valence-electron chi connectivity index (χ3n) is 2.19. The smallest absolute Gasteiger partial charge is 0.300 e. The van der Waals surface area contributed by atoms with Gasteiger partial charge < -0.3 is 10.2 Å². The number of aliphatic carboxylic acids is 1. The minimum absolute atomic E-state index is 0.285. The summed E-state index contributed by atoms with van der Waals surface area (Å²) < 4.78 is 0. The van der Waals surface area contributed by atoms with Crippen molar-refractivity contribution in [2.45, 2.75) is 65.2 Å². The van der Waals surface area contributed by atoms with Gasteiger partial charge in [-0.25, -0.2) is 0 Å². The van der Waals surface area contributed by atoms with Crippen LogP contribution in [-0.4, -0.2) is 22.8 Å². The van der Waals surface area contributed by atoms with Gasteiger partial charge in [0.1, 0.15) is 0 Å². The number of hydrogen-bond acceptors (Lipinski definition) is 2. The van der Waals surface area contributed by atoms with Crippen LogP contribution in [0.1, 0.15) is 65.2 Å². The lowest BCUT2D eigenvalue weighted by Crippen LogP contribution is -1.78. The van der Waals surface area contributed by atoms with E-state index >= 15 is 0 Å². The molecule has 0 saturated heterocycles. The van der Waals surface area contributed by atoms with Crippen LogP contribution in [0.15, 0.2) is 12.2 Å². The van der Waals surface area contributed by atoms with E-state index in [-0.39, 0.29) is 6.61 Å². The van der Waals surface area contributed by atoms with Crippen LogP contribution >= 0.6 is 0 Å². The maximum absolute atomic E-state index is 9.00. The molecule has 0 fully saturated rings. The molecule has 0 aromatic heterocycles. The highest BCUT2D eigenvalue weighted by Crippen LogP contribution is 2.07. The fourth-order valence-corrected chi connectivity index (χ4v) is 1.35. The summed E-state index contributed by atoms with van der Waals surface area (Å²) in [6.45, 7) is 3.62. The van der Waals surface area contributed by atoms with Crippen molar-refractivity contribution >= 4 is 5.97 Å². The Morgan fingerprint density at radius 3 is 2.00 bits per heavy atom. The summed E-state index contributed by atoms with van der Waals surface area (Å²) in [7, 11) is 0. The van der Waals surface area contributed by atoms with Crippen molar-refractivity contribution in [3.63, 3.8) is 0 Å². The van der Waals surface area contributed by atoms with Gasteiger partial charge in [-0.2, -0.15) is 0 Å². The summed E-state index contributed by atoms with van der Waals surface area (Å²) in [6.07, 6.45) is 14.5. The van der Waals surface area contributed by atoms with Gasteiger partial charge in [0.2, 0.25) is 0 Å². The molecule has 0 aromatic rings. The zero-order valence-corrected chi connectivity index (χ0v) is 11.3. The Morgan fingerprint density at radius 1 is 1.00 bits per heavy atom. The molecular weight excluding hydrogens is 216 g/mol. The van der Waals surface area contributed by atoms with Gasteiger partial charge in [0.05, 0.1) is 0 Å². The first-order valence-corrected chi connectivity index (χ1v) is 6.60. The molecule has 2 N–H and O–H groups in total. The van der Waals surface area contributed by atoms with Gasteiger partial charge in [-0.05, 0) is 19.3 Å². The van der Waals surface area contributed by atoms with E-state index in [0.717, 1.165) is 13.3 Å². The highest BCUT2D eigenvalue weighted by Gasteiger charge is 1.87. The van der Waals surface area contributed by atoms with Crippen LogP contribution in [0, 0.1) is 0 Å². The molecule has 0 amide bonds. The van der Waals surface area contributed by atoms with Gasteiger partial charge in [0.15, 0.2) is 0 Å². The zero-order chi connectivity index (χ0) is 13.4. The number of rotatable bonds is 9. The molecule has 0 aliphatic heterocycles. The van der Waals surface area contributed by atoms with Gasteiger partial charge in [0, 0.05) is 13.5 Å². The lowest BCUT2D eigenvalue weighted by Gasteiger charge is -1.97. The van der Waals surface area contributed by atoms with E-state index in [1.807, 2.05) is 0 Å². The Hall–Kier alpha value is -0.830. The second-order valence-corrected chi connectivity index (χ2v) is 4.06.